The SMILES string of the molecule is CCNC(=O)NC(=O)COC(=O)c1cc(-c2ccc(O)cc2)nc2ccccc12. The number of hydrogen-bond acceptors (Lipinski definition) is 6. The minimum atomic E-state index is -0.735. The van der Waals surface area contributed by atoms with Crippen LogP contribution in [0.2, 0.25) is 0 Å². The average Bonchev–Trinajstić information content (AvgIpc) is 2.72. The van der Waals surface area contributed by atoms with Gasteiger partial charge in [0.2, 0.25) is 0 Å². The number of nitrogens with one attached hydrogen (secondary N) is 2. The Morgan fingerprint density at radius 2 is 1.79 bits per heavy atom. The van der Waals surface area contributed by atoms with Gasteiger partial charge in [-0.05, 0) is 43.3 Å². The van der Waals surface area contributed by atoms with Gasteiger partial charge < -0.3 is 15.2 Å². The zero-order valence-corrected chi connectivity index (χ0v) is 15.6. The van der Waals surface area contributed by atoms with Gasteiger partial charge in [0.25, 0.3) is 5.91 Å². The number of pyridine rings is 1. The van der Waals surface area contributed by atoms with Crippen molar-refractivity contribution in [1.29, 1.82) is 0 Å². The maximum atomic E-state index is 12.6. The Morgan fingerprint density at radius 3 is 2.52 bits per heavy atom. The molecule has 0 aliphatic carbocycles. The third-order valence-electron chi connectivity index (χ3n) is 4.02. The van der Waals surface area contributed by atoms with Gasteiger partial charge in [0.1, 0.15) is 5.75 Å². The predicted octanol–water partition coefficient (Wildman–Crippen LogP) is 2.61. The summed E-state index contributed by atoms with van der Waals surface area (Å²) in [4.78, 5) is 40.3. The molecule has 1 aromatic heterocycles. The Balaban J connectivity index is 1.85. The largest absolute Gasteiger partial charge is 0.508 e. The summed E-state index contributed by atoms with van der Waals surface area (Å²) >= 11 is 0. The number of carbonyl (C=O) groups excluding carboxylic acids is 3. The number of benzene rings is 2. The first-order chi connectivity index (χ1) is 14.0. The fourth-order valence-corrected chi connectivity index (χ4v) is 2.70. The molecule has 0 radical (unpaired) electrons. The molecule has 148 valence electrons. The van der Waals surface area contributed by atoms with E-state index in [1.54, 1.807) is 49.4 Å². The smallest absolute Gasteiger partial charge is 0.339 e. The number of para-hydroxylation sites is 1. The van der Waals surface area contributed by atoms with Gasteiger partial charge in [-0.1, -0.05) is 18.2 Å². The van der Waals surface area contributed by atoms with Crippen LogP contribution in [0.4, 0.5) is 4.79 Å². The molecule has 0 spiro atoms. The van der Waals surface area contributed by atoms with Gasteiger partial charge in [0, 0.05) is 17.5 Å². The van der Waals surface area contributed by atoms with Crippen molar-refractivity contribution >= 4 is 28.8 Å². The van der Waals surface area contributed by atoms with Gasteiger partial charge in [0.15, 0.2) is 6.61 Å². The maximum Gasteiger partial charge on any atom is 0.339 e. The number of rotatable bonds is 5. The Labute approximate surface area is 166 Å². The van der Waals surface area contributed by atoms with E-state index in [0.29, 0.717) is 28.7 Å². The third-order valence-corrected chi connectivity index (χ3v) is 4.02. The van der Waals surface area contributed by atoms with Crippen LogP contribution in [0, 0.1) is 0 Å². The predicted molar refractivity (Wildman–Crippen MR) is 106 cm³/mol. The molecule has 8 heteroatoms. The van der Waals surface area contributed by atoms with Gasteiger partial charge in [-0.2, -0.15) is 0 Å². The molecule has 0 saturated heterocycles. The molecule has 2 aromatic carbocycles. The molecule has 0 bridgehead atoms. The third kappa shape index (κ3) is 4.86. The van der Waals surface area contributed by atoms with Crippen LogP contribution in [0.1, 0.15) is 17.3 Å². The summed E-state index contributed by atoms with van der Waals surface area (Å²) in [6.07, 6.45) is 0. The number of amides is 3. The fourth-order valence-electron chi connectivity index (χ4n) is 2.70. The van der Waals surface area contributed by atoms with Gasteiger partial charge >= 0.3 is 12.0 Å². The van der Waals surface area contributed by atoms with Gasteiger partial charge in [-0.15, -0.1) is 0 Å². The molecule has 0 aliphatic heterocycles. The van der Waals surface area contributed by atoms with Crippen molar-refractivity contribution < 1.29 is 24.2 Å². The summed E-state index contributed by atoms with van der Waals surface area (Å²) < 4.78 is 5.09. The van der Waals surface area contributed by atoms with Crippen LogP contribution in [-0.4, -0.2) is 41.1 Å². The van der Waals surface area contributed by atoms with Crippen molar-refractivity contribution in [1.82, 2.24) is 15.6 Å². The van der Waals surface area contributed by atoms with Crippen LogP contribution >= 0.6 is 0 Å². The van der Waals surface area contributed by atoms with Crippen molar-refractivity contribution in [3.05, 3.63) is 60.2 Å². The Bertz CT molecular complexity index is 1060. The molecule has 8 nitrogen and oxygen atoms in total. The molecule has 0 saturated carbocycles. The quantitative estimate of drug-likeness (QED) is 0.574. The highest BCUT2D eigenvalue weighted by molar-refractivity contribution is 6.05. The average molecular weight is 393 g/mol. The van der Waals surface area contributed by atoms with Gasteiger partial charge in [-0.3, -0.25) is 10.1 Å². The molecule has 3 amide bonds. The van der Waals surface area contributed by atoms with E-state index in [1.165, 1.54) is 12.1 Å². The van der Waals surface area contributed by atoms with E-state index in [4.69, 9.17) is 4.74 Å². The second-order valence-electron chi connectivity index (χ2n) is 6.10. The first kappa shape index (κ1) is 19.8. The summed E-state index contributed by atoms with van der Waals surface area (Å²) in [5.41, 5.74) is 2.04. The number of phenolic OH excluding ortho intramolecular Hbond substituents is 1. The lowest BCUT2D eigenvalue weighted by Gasteiger charge is -2.10. The highest BCUT2D eigenvalue weighted by Gasteiger charge is 2.17. The molecule has 3 rings (SSSR count). The molecular formula is C21H19N3O5. The fraction of sp³-hybridized carbons (Fsp3) is 0.143. The second-order valence-corrected chi connectivity index (χ2v) is 6.10. The van der Waals surface area contributed by atoms with E-state index < -0.39 is 24.5 Å². The Kier molecular flexibility index (Phi) is 6.03. The van der Waals surface area contributed by atoms with Gasteiger partial charge in [0.05, 0.1) is 16.8 Å². The summed E-state index contributed by atoms with van der Waals surface area (Å²) in [6, 6.07) is 14.4. The number of esters is 1. The number of ether oxygens (including phenoxy) is 1. The van der Waals surface area contributed by atoms with Crippen molar-refractivity contribution in [2.45, 2.75) is 6.92 Å². The second kappa shape index (κ2) is 8.83. The zero-order chi connectivity index (χ0) is 20.8. The number of imide groups is 1. The number of urea groups is 1. The number of aromatic nitrogens is 1. The van der Waals surface area contributed by atoms with E-state index in [2.05, 4.69) is 15.6 Å². The van der Waals surface area contributed by atoms with Crippen LogP contribution < -0.4 is 10.6 Å². The maximum absolute atomic E-state index is 12.6. The standard InChI is InChI=1S/C21H19N3O5/c1-2-22-21(28)24-19(26)12-29-20(27)16-11-18(13-7-9-14(25)10-8-13)23-17-6-4-3-5-15(16)17/h3-11,25H,2,12H2,1H3,(H2,22,24,26,28). The Hall–Kier alpha value is -3.94. The van der Waals surface area contributed by atoms with Crippen molar-refractivity contribution in [3.63, 3.8) is 0 Å². The van der Waals surface area contributed by atoms with Crippen LogP contribution in [0.3, 0.4) is 0 Å². The lowest BCUT2D eigenvalue weighted by Crippen LogP contribution is -2.41. The van der Waals surface area contributed by atoms with E-state index in [-0.39, 0.29) is 11.3 Å². The number of fused-ring (bicyclic) bond motifs is 1. The molecule has 0 unspecified atom stereocenters. The summed E-state index contributed by atoms with van der Waals surface area (Å²) in [6.45, 7) is 1.48. The summed E-state index contributed by atoms with van der Waals surface area (Å²) in [7, 11) is 0. The number of phenols is 1. The molecule has 29 heavy (non-hydrogen) atoms. The lowest BCUT2D eigenvalue weighted by atomic mass is 10.0. The molecule has 0 fully saturated rings. The minimum absolute atomic E-state index is 0.118. The molecule has 3 N–H and O–H groups in total. The van der Waals surface area contributed by atoms with Crippen LogP contribution in [-0.2, 0) is 9.53 Å². The summed E-state index contributed by atoms with van der Waals surface area (Å²) in [5.74, 6) is -1.33. The highest BCUT2D eigenvalue weighted by atomic mass is 16.5. The van der Waals surface area contributed by atoms with E-state index >= 15 is 0 Å². The Morgan fingerprint density at radius 1 is 1.07 bits per heavy atom. The highest BCUT2D eigenvalue weighted by Crippen LogP contribution is 2.26. The monoisotopic (exact) mass is 393 g/mol. The zero-order valence-electron chi connectivity index (χ0n) is 15.6. The van der Waals surface area contributed by atoms with E-state index in [0.717, 1.165) is 0 Å². The molecular weight excluding hydrogens is 374 g/mol. The number of carbonyl (C=O) groups is 3. The molecule has 1 heterocycles. The minimum Gasteiger partial charge on any atom is -0.508 e. The first-order valence-corrected chi connectivity index (χ1v) is 8.92. The van der Waals surface area contributed by atoms with E-state index in [9.17, 15) is 19.5 Å². The summed E-state index contributed by atoms with van der Waals surface area (Å²) in [5, 5.41) is 14.5. The number of nitrogens with zero attached hydrogens (tertiary/aromatic N) is 1. The van der Waals surface area contributed by atoms with Crippen LogP contribution in [0.5, 0.6) is 5.75 Å². The van der Waals surface area contributed by atoms with Crippen LogP contribution in [0.25, 0.3) is 22.2 Å². The molecule has 0 atom stereocenters. The van der Waals surface area contributed by atoms with Crippen molar-refractivity contribution in [2.24, 2.45) is 0 Å². The number of hydrogen-bond donors (Lipinski definition) is 3. The van der Waals surface area contributed by atoms with Crippen molar-refractivity contribution in [2.75, 3.05) is 13.2 Å². The van der Waals surface area contributed by atoms with Gasteiger partial charge in [-0.25, -0.2) is 14.6 Å². The van der Waals surface area contributed by atoms with Crippen LogP contribution in [0.15, 0.2) is 54.6 Å². The molecule has 3 aromatic rings. The van der Waals surface area contributed by atoms with E-state index in [1.807, 2.05) is 0 Å². The van der Waals surface area contributed by atoms with Crippen molar-refractivity contribution in [3.8, 4) is 17.0 Å². The molecule has 0 aliphatic rings. The topological polar surface area (TPSA) is 118 Å². The lowest BCUT2D eigenvalue weighted by molar-refractivity contribution is -0.123. The number of aromatic hydroxyl groups is 1. The first-order valence-electron chi connectivity index (χ1n) is 8.92. The normalized spacial score (nSPS) is 10.4.